The molecule has 1 aromatic heterocycles. The zero-order valence-corrected chi connectivity index (χ0v) is 13.6. The van der Waals surface area contributed by atoms with Crippen LogP contribution >= 0.6 is 15.9 Å². The van der Waals surface area contributed by atoms with Crippen molar-refractivity contribution in [3.05, 3.63) is 34.0 Å². The van der Waals surface area contributed by atoms with Crippen LogP contribution in [0, 0.1) is 6.92 Å². The first-order valence-corrected chi connectivity index (χ1v) is 7.21. The molecule has 1 aromatic carbocycles. The summed E-state index contributed by atoms with van der Waals surface area (Å²) in [5, 5.41) is 3.67. The SMILES string of the molecule is CCOC(=O)c1c(-c2ccc(Br)cc2OC(F)(F)F)noc1C. The lowest BCUT2D eigenvalue weighted by Gasteiger charge is -2.13. The van der Waals surface area contributed by atoms with Crippen molar-refractivity contribution in [2.45, 2.75) is 20.2 Å². The average Bonchev–Trinajstić information content (AvgIpc) is 2.79. The number of rotatable bonds is 4. The van der Waals surface area contributed by atoms with Crippen LogP contribution in [-0.2, 0) is 4.74 Å². The van der Waals surface area contributed by atoms with Crippen LogP contribution in [0.2, 0.25) is 0 Å². The third-order valence-corrected chi connectivity index (χ3v) is 3.26. The number of aryl methyl sites for hydroxylation is 1. The van der Waals surface area contributed by atoms with Gasteiger partial charge in [-0.15, -0.1) is 13.2 Å². The predicted molar refractivity (Wildman–Crippen MR) is 77.0 cm³/mol. The maximum absolute atomic E-state index is 12.6. The molecule has 1 heterocycles. The maximum Gasteiger partial charge on any atom is 0.573 e. The van der Waals surface area contributed by atoms with Crippen molar-refractivity contribution in [1.82, 2.24) is 5.16 Å². The van der Waals surface area contributed by atoms with E-state index in [1.165, 1.54) is 19.1 Å². The molecule has 0 unspecified atom stereocenters. The highest BCUT2D eigenvalue weighted by Crippen LogP contribution is 2.37. The highest BCUT2D eigenvalue weighted by molar-refractivity contribution is 9.10. The topological polar surface area (TPSA) is 61.6 Å². The summed E-state index contributed by atoms with van der Waals surface area (Å²) in [6.45, 7) is 3.18. The lowest BCUT2D eigenvalue weighted by atomic mass is 10.1. The zero-order chi connectivity index (χ0) is 17.2. The van der Waals surface area contributed by atoms with Gasteiger partial charge in [0.2, 0.25) is 0 Å². The molecule has 0 bridgehead atoms. The minimum absolute atomic E-state index is 0.0366. The second-order valence-corrected chi connectivity index (χ2v) is 5.29. The standard InChI is InChI=1S/C14H11BrF3NO4/c1-3-21-13(20)11-7(2)23-19-12(11)9-5-4-8(15)6-10(9)22-14(16,17)18/h4-6H,3H2,1-2H3. The normalized spacial score (nSPS) is 11.4. The molecule has 0 amide bonds. The fourth-order valence-corrected chi connectivity index (χ4v) is 2.24. The first-order valence-electron chi connectivity index (χ1n) is 6.42. The predicted octanol–water partition coefficient (Wildman–Crippen LogP) is 4.49. The Bertz CT molecular complexity index is 727. The quantitative estimate of drug-likeness (QED) is 0.716. The number of halogens is 4. The molecule has 2 aromatic rings. The van der Waals surface area contributed by atoms with Gasteiger partial charge in [-0.3, -0.25) is 0 Å². The summed E-state index contributed by atoms with van der Waals surface area (Å²) in [5.41, 5.74) is -0.153. The van der Waals surface area contributed by atoms with Crippen molar-refractivity contribution in [2.75, 3.05) is 6.61 Å². The number of benzene rings is 1. The number of hydrogen-bond acceptors (Lipinski definition) is 5. The molecule has 0 saturated carbocycles. The Balaban J connectivity index is 2.57. The van der Waals surface area contributed by atoms with Gasteiger partial charge in [-0.05, 0) is 32.0 Å². The Hall–Kier alpha value is -2.03. The highest BCUT2D eigenvalue weighted by atomic mass is 79.9. The van der Waals surface area contributed by atoms with Gasteiger partial charge in [-0.1, -0.05) is 21.1 Å². The number of carbonyl (C=O) groups excluding carboxylic acids is 1. The molecule has 0 spiro atoms. The van der Waals surface area contributed by atoms with Crippen LogP contribution in [0.4, 0.5) is 13.2 Å². The highest BCUT2D eigenvalue weighted by Gasteiger charge is 2.34. The molecule has 0 N–H and O–H groups in total. The molecule has 0 atom stereocenters. The summed E-state index contributed by atoms with van der Waals surface area (Å²) >= 11 is 3.07. The van der Waals surface area contributed by atoms with E-state index in [1.807, 2.05) is 0 Å². The Morgan fingerprint density at radius 1 is 1.39 bits per heavy atom. The van der Waals surface area contributed by atoms with Crippen molar-refractivity contribution in [3.63, 3.8) is 0 Å². The molecule has 23 heavy (non-hydrogen) atoms. The molecule has 124 valence electrons. The molecular formula is C14H11BrF3NO4. The summed E-state index contributed by atoms with van der Waals surface area (Å²) in [4.78, 5) is 12.0. The van der Waals surface area contributed by atoms with Gasteiger partial charge < -0.3 is 14.0 Å². The van der Waals surface area contributed by atoms with Crippen molar-refractivity contribution in [3.8, 4) is 17.0 Å². The summed E-state index contributed by atoms with van der Waals surface area (Å²) in [6, 6.07) is 3.96. The van der Waals surface area contributed by atoms with E-state index in [1.54, 1.807) is 6.92 Å². The lowest BCUT2D eigenvalue weighted by Crippen LogP contribution is -2.18. The summed E-state index contributed by atoms with van der Waals surface area (Å²) < 4.78 is 51.9. The van der Waals surface area contributed by atoms with Crippen molar-refractivity contribution in [2.24, 2.45) is 0 Å². The molecule has 0 radical (unpaired) electrons. The van der Waals surface area contributed by atoms with Gasteiger partial charge >= 0.3 is 12.3 Å². The number of ether oxygens (including phenoxy) is 2. The van der Waals surface area contributed by atoms with Crippen molar-refractivity contribution >= 4 is 21.9 Å². The third kappa shape index (κ3) is 4.04. The number of hydrogen-bond donors (Lipinski definition) is 0. The Labute approximate surface area is 137 Å². The van der Waals surface area contributed by atoms with Crippen LogP contribution in [0.3, 0.4) is 0 Å². The molecule has 0 aliphatic heterocycles. The lowest BCUT2D eigenvalue weighted by molar-refractivity contribution is -0.274. The van der Waals surface area contributed by atoms with Crippen LogP contribution in [0.25, 0.3) is 11.3 Å². The van der Waals surface area contributed by atoms with E-state index in [-0.39, 0.29) is 29.2 Å². The number of nitrogens with zero attached hydrogens (tertiary/aromatic N) is 1. The van der Waals surface area contributed by atoms with Gasteiger partial charge in [-0.2, -0.15) is 0 Å². The molecule has 2 rings (SSSR count). The van der Waals surface area contributed by atoms with Gasteiger partial charge in [0, 0.05) is 10.0 Å². The second-order valence-electron chi connectivity index (χ2n) is 4.37. The average molecular weight is 394 g/mol. The first-order chi connectivity index (χ1) is 10.7. The van der Waals surface area contributed by atoms with E-state index in [0.29, 0.717) is 4.47 Å². The van der Waals surface area contributed by atoms with E-state index in [9.17, 15) is 18.0 Å². The van der Waals surface area contributed by atoms with E-state index < -0.39 is 18.1 Å². The number of alkyl halides is 3. The van der Waals surface area contributed by atoms with Gasteiger partial charge in [0.25, 0.3) is 0 Å². The molecule has 0 fully saturated rings. The monoisotopic (exact) mass is 393 g/mol. The van der Waals surface area contributed by atoms with Crippen molar-refractivity contribution < 1.29 is 32.0 Å². The smallest absolute Gasteiger partial charge is 0.462 e. The Kier molecular flexibility index (Phi) is 4.98. The molecular weight excluding hydrogens is 383 g/mol. The molecule has 9 heteroatoms. The van der Waals surface area contributed by atoms with E-state index in [0.717, 1.165) is 6.07 Å². The van der Waals surface area contributed by atoms with Crippen LogP contribution in [0.15, 0.2) is 27.2 Å². The van der Waals surface area contributed by atoms with Gasteiger partial charge in [0.1, 0.15) is 22.8 Å². The summed E-state index contributed by atoms with van der Waals surface area (Å²) in [7, 11) is 0. The Morgan fingerprint density at radius 2 is 2.09 bits per heavy atom. The molecule has 0 aliphatic carbocycles. The number of carbonyl (C=O) groups is 1. The summed E-state index contributed by atoms with van der Waals surface area (Å²) in [6.07, 6.45) is -4.89. The van der Waals surface area contributed by atoms with Crippen LogP contribution in [-0.4, -0.2) is 24.1 Å². The van der Waals surface area contributed by atoms with E-state index in [2.05, 4.69) is 25.8 Å². The Morgan fingerprint density at radius 3 is 2.70 bits per heavy atom. The minimum Gasteiger partial charge on any atom is -0.462 e. The summed E-state index contributed by atoms with van der Waals surface area (Å²) in [5.74, 6) is -1.10. The zero-order valence-electron chi connectivity index (χ0n) is 12.0. The van der Waals surface area contributed by atoms with Crippen molar-refractivity contribution in [1.29, 1.82) is 0 Å². The van der Waals surface area contributed by atoms with Gasteiger partial charge in [0.05, 0.1) is 6.61 Å². The van der Waals surface area contributed by atoms with Gasteiger partial charge in [-0.25, -0.2) is 4.79 Å². The van der Waals surface area contributed by atoms with Crippen LogP contribution in [0.1, 0.15) is 23.0 Å². The molecule has 5 nitrogen and oxygen atoms in total. The molecule has 0 aliphatic rings. The van der Waals surface area contributed by atoms with E-state index >= 15 is 0 Å². The minimum atomic E-state index is -4.89. The third-order valence-electron chi connectivity index (χ3n) is 2.77. The van der Waals surface area contributed by atoms with Gasteiger partial charge in [0.15, 0.2) is 0 Å². The fraction of sp³-hybridized carbons (Fsp3) is 0.286. The number of esters is 1. The van der Waals surface area contributed by atoms with Crippen LogP contribution in [0.5, 0.6) is 5.75 Å². The fourth-order valence-electron chi connectivity index (χ4n) is 1.90. The maximum atomic E-state index is 12.6. The second kappa shape index (κ2) is 6.61. The first kappa shape index (κ1) is 17.3. The number of aromatic nitrogens is 1. The largest absolute Gasteiger partial charge is 0.573 e. The molecule has 0 saturated heterocycles. The van der Waals surface area contributed by atoms with E-state index in [4.69, 9.17) is 9.26 Å². The van der Waals surface area contributed by atoms with Crippen LogP contribution < -0.4 is 4.74 Å².